The standard InChI is InChI=1S/C25H34FN7O3/c1-17(14-34-2)30-19-3-5-20(6-4-19)31-24-28-13-21(26)23(32-24)18-11-22(33-29-12-18)36-16-25(15-27)7-9-35-10-8-25/h11-13,17,19-20,30H,3-10,14,16H2,1-2H3,(H,28,31,32)/t17-,19?,20?/m1/s1. The maximum Gasteiger partial charge on any atom is 0.234 e. The Morgan fingerprint density at radius 1 is 1.22 bits per heavy atom. The van der Waals surface area contributed by atoms with Crippen LogP contribution in [-0.2, 0) is 9.47 Å². The molecule has 0 amide bonds. The normalized spacial score (nSPS) is 22.4. The summed E-state index contributed by atoms with van der Waals surface area (Å²) in [5.74, 6) is 0.0348. The lowest BCUT2D eigenvalue weighted by Gasteiger charge is -2.31. The molecule has 194 valence electrons. The van der Waals surface area contributed by atoms with E-state index in [-0.39, 0.29) is 24.2 Å². The van der Waals surface area contributed by atoms with Crippen molar-refractivity contribution in [3.8, 4) is 23.2 Å². The van der Waals surface area contributed by atoms with Crippen molar-refractivity contribution >= 4 is 5.95 Å². The van der Waals surface area contributed by atoms with Crippen LogP contribution in [0.2, 0.25) is 0 Å². The van der Waals surface area contributed by atoms with E-state index in [1.807, 2.05) is 0 Å². The van der Waals surface area contributed by atoms with Crippen molar-refractivity contribution in [3.05, 3.63) is 24.3 Å². The number of hydrogen-bond donors (Lipinski definition) is 2. The van der Waals surface area contributed by atoms with E-state index in [9.17, 15) is 9.65 Å². The van der Waals surface area contributed by atoms with E-state index in [4.69, 9.17) is 14.2 Å². The zero-order valence-corrected chi connectivity index (χ0v) is 20.9. The van der Waals surface area contributed by atoms with E-state index in [1.54, 1.807) is 13.2 Å². The predicted molar refractivity (Wildman–Crippen MR) is 131 cm³/mol. The molecule has 10 nitrogen and oxygen atoms in total. The fraction of sp³-hybridized carbons (Fsp3) is 0.640. The van der Waals surface area contributed by atoms with Crippen LogP contribution < -0.4 is 15.4 Å². The number of nitriles is 1. The third kappa shape index (κ3) is 6.84. The van der Waals surface area contributed by atoms with Crippen LogP contribution in [-0.4, -0.2) is 71.8 Å². The van der Waals surface area contributed by atoms with Crippen LogP contribution in [0.25, 0.3) is 11.3 Å². The largest absolute Gasteiger partial charge is 0.475 e. The molecule has 36 heavy (non-hydrogen) atoms. The van der Waals surface area contributed by atoms with Gasteiger partial charge in [-0.2, -0.15) is 10.4 Å². The van der Waals surface area contributed by atoms with Gasteiger partial charge < -0.3 is 24.8 Å². The van der Waals surface area contributed by atoms with Crippen molar-refractivity contribution < 1.29 is 18.6 Å². The second-order valence-electron chi connectivity index (χ2n) is 9.68. The highest BCUT2D eigenvalue weighted by Gasteiger charge is 2.34. The Balaban J connectivity index is 1.37. The predicted octanol–water partition coefficient (Wildman–Crippen LogP) is 3.12. The van der Waals surface area contributed by atoms with Gasteiger partial charge >= 0.3 is 0 Å². The Bertz CT molecular complexity index is 1040. The molecule has 2 aromatic heterocycles. The molecule has 2 fully saturated rings. The number of nitrogens with zero attached hydrogens (tertiary/aromatic N) is 5. The molecule has 1 aliphatic heterocycles. The summed E-state index contributed by atoms with van der Waals surface area (Å²) >= 11 is 0. The zero-order chi connectivity index (χ0) is 25.4. The first-order valence-electron chi connectivity index (χ1n) is 12.5. The van der Waals surface area contributed by atoms with Gasteiger partial charge in [-0.15, -0.1) is 5.10 Å². The van der Waals surface area contributed by atoms with Gasteiger partial charge in [-0.05, 0) is 45.4 Å². The Hall–Kier alpha value is -2.94. The van der Waals surface area contributed by atoms with E-state index >= 15 is 0 Å². The van der Waals surface area contributed by atoms with Crippen molar-refractivity contribution in [2.75, 3.05) is 38.9 Å². The lowest BCUT2D eigenvalue weighted by molar-refractivity contribution is 0.0181. The maximum atomic E-state index is 14.7. The van der Waals surface area contributed by atoms with E-state index in [2.05, 4.69) is 43.8 Å². The van der Waals surface area contributed by atoms with Crippen LogP contribution >= 0.6 is 0 Å². The van der Waals surface area contributed by atoms with E-state index < -0.39 is 11.2 Å². The molecule has 1 atom stereocenters. The molecule has 0 bridgehead atoms. The first-order valence-corrected chi connectivity index (χ1v) is 12.5. The molecule has 2 aromatic rings. The van der Waals surface area contributed by atoms with Gasteiger partial charge in [0.25, 0.3) is 0 Å². The SMILES string of the molecule is COC[C@@H](C)NC1CCC(Nc2ncc(F)c(-c3cnnc(OCC4(C#N)CCOCC4)c3)n2)CC1. The van der Waals surface area contributed by atoms with E-state index in [0.29, 0.717) is 56.3 Å². The average molecular weight is 500 g/mol. The summed E-state index contributed by atoms with van der Waals surface area (Å²) in [6.07, 6.45) is 7.79. The molecule has 1 aliphatic carbocycles. The third-order valence-corrected chi connectivity index (χ3v) is 6.83. The average Bonchev–Trinajstić information content (AvgIpc) is 2.90. The summed E-state index contributed by atoms with van der Waals surface area (Å²) in [6, 6.07) is 4.94. The summed E-state index contributed by atoms with van der Waals surface area (Å²) in [5.41, 5.74) is -0.0678. The summed E-state index contributed by atoms with van der Waals surface area (Å²) in [6.45, 7) is 4.03. The van der Waals surface area contributed by atoms with Crippen LogP contribution in [0.15, 0.2) is 18.5 Å². The van der Waals surface area contributed by atoms with Gasteiger partial charge in [0.1, 0.15) is 12.3 Å². The third-order valence-electron chi connectivity index (χ3n) is 6.83. The minimum Gasteiger partial charge on any atom is -0.475 e. The van der Waals surface area contributed by atoms with Crippen molar-refractivity contribution in [2.24, 2.45) is 5.41 Å². The van der Waals surface area contributed by atoms with Gasteiger partial charge in [0.15, 0.2) is 5.82 Å². The van der Waals surface area contributed by atoms with Gasteiger partial charge in [-0.1, -0.05) is 0 Å². The van der Waals surface area contributed by atoms with E-state index in [0.717, 1.165) is 31.9 Å². The van der Waals surface area contributed by atoms with Crippen molar-refractivity contribution in [1.82, 2.24) is 25.5 Å². The Kier molecular flexibility index (Phi) is 8.96. The molecule has 3 heterocycles. The molecule has 4 rings (SSSR count). The maximum absolute atomic E-state index is 14.7. The van der Waals surface area contributed by atoms with Crippen molar-refractivity contribution in [3.63, 3.8) is 0 Å². The lowest BCUT2D eigenvalue weighted by atomic mass is 9.83. The molecular weight excluding hydrogens is 465 g/mol. The molecule has 0 aromatic carbocycles. The quantitative estimate of drug-likeness (QED) is 0.503. The molecular formula is C25H34FN7O3. The summed E-state index contributed by atoms with van der Waals surface area (Å²) in [4.78, 5) is 8.57. The molecule has 0 unspecified atom stereocenters. The topological polar surface area (TPSA) is 127 Å². The van der Waals surface area contributed by atoms with Gasteiger partial charge in [0.05, 0.1) is 30.5 Å². The minimum atomic E-state index is -0.621. The van der Waals surface area contributed by atoms with Crippen LogP contribution in [0, 0.1) is 22.6 Å². The smallest absolute Gasteiger partial charge is 0.234 e. The Labute approximate surface area is 211 Å². The first kappa shape index (κ1) is 26.1. The van der Waals surface area contributed by atoms with Crippen molar-refractivity contribution in [2.45, 2.75) is 63.6 Å². The summed E-state index contributed by atoms with van der Waals surface area (Å²) in [5, 5.41) is 24.5. The fourth-order valence-electron chi connectivity index (χ4n) is 4.74. The molecule has 1 saturated carbocycles. The molecule has 0 spiro atoms. The number of rotatable bonds is 10. The minimum absolute atomic E-state index is 0.122. The number of nitrogens with one attached hydrogen (secondary N) is 2. The highest BCUT2D eigenvalue weighted by Crippen LogP contribution is 2.31. The van der Waals surface area contributed by atoms with Gasteiger partial charge in [-0.25, -0.2) is 14.4 Å². The molecule has 0 radical (unpaired) electrons. The number of aromatic nitrogens is 4. The second kappa shape index (κ2) is 12.3. The number of ether oxygens (including phenoxy) is 3. The Morgan fingerprint density at radius 2 is 1.97 bits per heavy atom. The van der Waals surface area contributed by atoms with Gasteiger partial charge in [0, 0.05) is 50.1 Å². The number of methoxy groups -OCH3 is 1. The number of halogens is 1. The summed E-state index contributed by atoms with van der Waals surface area (Å²) in [7, 11) is 1.71. The lowest BCUT2D eigenvalue weighted by Crippen LogP contribution is -2.43. The van der Waals surface area contributed by atoms with Crippen LogP contribution in [0.4, 0.5) is 10.3 Å². The van der Waals surface area contributed by atoms with Crippen LogP contribution in [0.5, 0.6) is 5.88 Å². The van der Waals surface area contributed by atoms with E-state index in [1.165, 1.54) is 6.20 Å². The van der Waals surface area contributed by atoms with Crippen LogP contribution in [0.3, 0.4) is 0 Å². The zero-order valence-electron chi connectivity index (χ0n) is 20.9. The highest BCUT2D eigenvalue weighted by molar-refractivity contribution is 5.60. The summed E-state index contributed by atoms with van der Waals surface area (Å²) < 4.78 is 31.0. The molecule has 1 saturated heterocycles. The van der Waals surface area contributed by atoms with Gasteiger partial charge in [0.2, 0.25) is 11.8 Å². The van der Waals surface area contributed by atoms with Crippen LogP contribution in [0.1, 0.15) is 45.4 Å². The monoisotopic (exact) mass is 499 g/mol. The molecule has 2 N–H and O–H groups in total. The number of anilines is 1. The highest BCUT2D eigenvalue weighted by atomic mass is 19.1. The Morgan fingerprint density at radius 3 is 2.69 bits per heavy atom. The van der Waals surface area contributed by atoms with Crippen molar-refractivity contribution in [1.29, 1.82) is 5.26 Å². The second-order valence-corrected chi connectivity index (χ2v) is 9.68. The molecule has 11 heteroatoms. The molecule has 2 aliphatic rings. The first-order chi connectivity index (χ1) is 17.5. The van der Waals surface area contributed by atoms with Gasteiger partial charge in [-0.3, -0.25) is 0 Å². The fourth-order valence-corrected chi connectivity index (χ4v) is 4.74. The number of hydrogen-bond acceptors (Lipinski definition) is 10.